The van der Waals surface area contributed by atoms with Crippen LogP contribution in [0.25, 0.3) is 0 Å². The number of likely N-dealkylation sites (tertiary alicyclic amines) is 1. The minimum Gasteiger partial charge on any atom is -0.489 e. The van der Waals surface area contributed by atoms with Gasteiger partial charge in [-0.25, -0.2) is 9.78 Å². The van der Waals surface area contributed by atoms with Gasteiger partial charge in [-0.15, -0.1) is 0 Å². The van der Waals surface area contributed by atoms with Crippen LogP contribution < -0.4 is 20.3 Å². The molecule has 2 aromatic carbocycles. The van der Waals surface area contributed by atoms with Gasteiger partial charge in [-0.1, -0.05) is 23.2 Å². The number of carbonyl (C=O) groups is 3. The second-order valence-electron chi connectivity index (χ2n) is 12.0. The van der Waals surface area contributed by atoms with Crippen LogP contribution in [-0.4, -0.2) is 78.9 Å². The third kappa shape index (κ3) is 8.80. The summed E-state index contributed by atoms with van der Waals surface area (Å²) in [5.41, 5.74) is 1.04. The number of carbonyl (C=O) groups excluding carboxylic acids is 3. The highest BCUT2D eigenvalue weighted by Crippen LogP contribution is 2.31. The molecule has 0 spiro atoms. The molecule has 0 aliphatic carbocycles. The fourth-order valence-corrected chi connectivity index (χ4v) is 5.40. The van der Waals surface area contributed by atoms with Crippen molar-refractivity contribution in [3.63, 3.8) is 0 Å². The Labute approximate surface area is 278 Å². The number of piperidine rings is 1. The molecule has 0 radical (unpaired) electrons. The highest BCUT2D eigenvalue weighted by atomic mass is 35.5. The van der Waals surface area contributed by atoms with Crippen LogP contribution in [-0.2, 0) is 9.47 Å². The maximum Gasteiger partial charge on any atom is 0.410 e. The number of nitrogens with one attached hydrogen (secondary N) is 2. The molecule has 3 aromatic rings. The molecule has 1 aromatic heterocycles. The summed E-state index contributed by atoms with van der Waals surface area (Å²) in [7, 11) is 0. The van der Waals surface area contributed by atoms with E-state index >= 15 is 0 Å². The fraction of sp³-hybridized carbons (Fsp3) is 0.394. The number of nitrogens with zero attached hydrogens (tertiary/aromatic N) is 3. The van der Waals surface area contributed by atoms with Crippen molar-refractivity contribution in [3.05, 3.63) is 75.9 Å². The van der Waals surface area contributed by atoms with Gasteiger partial charge >= 0.3 is 6.09 Å². The van der Waals surface area contributed by atoms with Gasteiger partial charge < -0.3 is 34.6 Å². The summed E-state index contributed by atoms with van der Waals surface area (Å²) in [4.78, 5) is 47.6. The van der Waals surface area contributed by atoms with Crippen molar-refractivity contribution < 1.29 is 28.6 Å². The summed E-state index contributed by atoms with van der Waals surface area (Å²) in [5, 5.41) is 6.32. The molecule has 2 aliphatic heterocycles. The third-order valence-electron chi connectivity index (χ3n) is 7.42. The quantitative estimate of drug-likeness (QED) is 0.292. The molecule has 0 saturated carbocycles. The molecule has 2 fully saturated rings. The second-order valence-corrected chi connectivity index (χ2v) is 12.9. The van der Waals surface area contributed by atoms with Crippen molar-refractivity contribution in [2.24, 2.45) is 0 Å². The predicted molar refractivity (Wildman–Crippen MR) is 178 cm³/mol. The maximum absolute atomic E-state index is 13.8. The first-order valence-corrected chi connectivity index (χ1v) is 15.9. The summed E-state index contributed by atoms with van der Waals surface area (Å²) < 4.78 is 17.5. The van der Waals surface area contributed by atoms with Crippen LogP contribution in [0.3, 0.4) is 0 Å². The highest BCUT2D eigenvalue weighted by molar-refractivity contribution is 6.31. The first-order valence-electron chi connectivity index (χ1n) is 15.1. The largest absolute Gasteiger partial charge is 0.489 e. The molecule has 2 N–H and O–H groups in total. The van der Waals surface area contributed by atoms with Crippen LogP contribution in [0, 0.1) is 0 Å². The molecule has 2 aliphatic rings. The van der Waals surface area contributed by atoms with Gasteiger partial charge in [-0.3, -0.25) is 9.59 Å². The van der Waals surface area contributed by atoms with Gasteiger partial charge in [0.1, 0.15) is 23.3 Å². The number of pyridine rings is 1. The van der Waals surface area contributed by atoms with E-state index in [1.807, 2.05) is 32.9 Å². The van der Waals surface area contributed by atoms with Crippen LogP contribution in [0.1, 0.15) is 54.3 Å². The first-order chi connectivity index (χ1) is 21.9. The number of amides is 3. The zero-order valence-corrected chi connectivity index (χ0v) is 27.5. The summed E-state index contributed by atoms with van der Waals surface area (Å²) >= 11 is 12.1. The van der Waals surface area contributed by atoms with Gasteiger partial charge in [-0.2, -0.15) is 0 Å². The van der Waals surface area contributed by atoms with Crippen LogP contribution in [0.15, 0.2) is 54.7 Å². The number of hydrogen-bond acceptors (Lipinski definition) is 8. The number of halogens is 2. The van der Waals surface area contributed by atoms with Crippen molar-refractivity contribution in [1.29, 1.82) is 0 Å². The van der Waals surface area contributed by atoms with Gasteiger partial charge in [0.15, 0.2) is 0 Å². The van der Waals surface area contributed by atoms with E-state index in [9.17, 15) is 14.4 Å². The predicted octanol–water partition coefficient (Wildman–Crippen LogP) is 6.51. The topological polar surface area (TPSA) is 122 Å². The second kappa shape index (κ2) is 14.6. The van der Waals surface area contributed by atoms with Crippen molar-refractivity contribution in [2.45, 2.75) is 45.3 Å². The van der Waals surface area contributed by atoms with Gasteiger partial charge in [0.2, 0.25) is 0 Å². The number of benzene rings is 2. The molecule has 244 valence electrons. The first kappa shape index (κ1) is 33.3. The summed E-state index contributed by atoms with van der Waals surface area (Å²) in [5.74, 6) is -0.277. The van der Waals surface area contributed by atoms with Gasteiger partial charge in [-0.05, 0) is 63.2 Å². The number of rotatable bonds is 7. The molecule has 0 bridgehead atoms. The lowest BCUT2D eigenvalue weighted by Crippen LogP contribution is -2.44. The molecule has 3 amide bonds. The number of aromatic nitrogens is 1. The van der Waals surface area contributed by atoms with Crippen molar-refractivity contribution >= 4 is 58.3 Å². The van der Waals surface area contributed by atoms with Crippen LogP contribution in [0.2, 0.25) is 10.0 Å². The summed E-state index contributed by atoms with van der Waals surface area (Å²) in [6.07, 6.45) is 1.98. The van der Waals surface area contributed by atoms with E-state index in [0.717, 1.165) is 5.69 Å². The zero-order valence-electron chi connectivity index (χ0n) is 26.0. The Hall–Kier alpha value is -4.06. The summed E-state index contributed by atoms with van der Waals surface area (Å²) in [6, 6.07) is 13.3. The number of hydrogen-bond donors (Lipinski definition) is 2. The van der Waals surface area contributed by atoms with Crippen molar-refractivity contribution in [1.82, 2.24) is 9.88 Å². The smallest absolute Gasteiger partial charge is 0.410 e. The maximum atomic E-state index is 13.8. The fourth-order valence-electron chi connectivity index (χ4n) is 5.11. The standard InChI is InChI=1S/C33H37Cl2N5O6/c1-33(2,3)46-32(43)40-12-10-24(11-13-40)45-28-19-23(39-14-16-44-17-15-39)6-7-25(28)30(41)37-27-8-4-21(34)18-26(27)31(42)38-29-9-5-22(35)20-36-29/h4-9,18-20,24H,10-17H2,1-3H3,(H,37,41)(H,36,38,42). The van der Waals surface area contributed by atoms with Crippen molar-refractivity contribution in [2.75, 3.05) is 54.9 Å². The molecular formula is C33H37Cl2N5O6. The normalized spacial score (nSPS) is 15.7. The van der Waals surface area contributed by atoms with E-state index in [0.29, 0.717) is 79.4 Å². The lowest BCUT2D eigenvalue weighted by molar-refractivity contribution is 0.0126. The lowest BCUT2D eigenvalue weighted by atomic mass is 10.1. The monoisotopic (exact) mass is 669 g/mol. The molecule has 0 unspecified atom stereocenters. The Morgan fingerprint density at radius 1 is 0.870 bits per heavy atom. The lowest BCUT2D eigenvalue weighted by Gasteiger charge is -2.34. The van der Waals surface area contributed by atoms with E-state index in [1.165, 1.54) is 12.3 Å². The van der Waals surface area contributed by atoms with Gasteiger partial charge in [0.25, 0.3) is 11.8 Å². The Morgan fingerprint density at radius 3 is 2.24 bits per heavy atom. The van der Waals surface area contributed by atoms with Crippen molar-refractivity contribution in [3.8, 4) is 5.75 Å². The third-order valence-corrected chi connectivity index (χ3v) is 7.88. The highest BCUT2D eigenvalue weighted by Gasteiger charge is 2.29. The Kier molecular flexibility index (Phi) is 10.6. The van der Waals surface area contributed by atoms with E-state index < -0.39 is 17.4 Å². The van der Waals surface area contributed by atoms with E-state index in [4.69, 9.17) is 37.4 Å². The average molecular weight is 671 g/mol. The Morgan fingerprint density at radius 2 is 1.57 bits per heavy atom. The van der Waals surface area contributed by atoms with E-state index in [1.54, 1.807) is 35.2 Å². The molecular weight excluding hydrogens is 633 g/mol. The molecule has 13 heteroatoms. The molecule has 5 rings (SSSR count). The van der Waals surface area contributed by atoms with Crippen LogP contribution in [0.5, 0.6) is 5.75 Å². The molecule has 0 atom stereocenters. The average Bonchev–Trinajstić information content (AvgIpc) is 3.03. The Bertz CT molecular complexity index is 1570. The minimum atomic E-state index is -0.579. The van der Waals surface area contributed by atoms with Gasteiger partial charge in [0, 0.05) is 62.0 Å². The Balaban J connectivity index is 1.35. The molecule has 2 saturated heterocycles. The molecule has 3 heterocycles. The van der Waals surface area contributed by atoms with E-state index in [-0.39, 0.29) is 23.4 Å². The number of anilines is 3. The number of morpholine rings is 1. The van der Waals surface area contributed by atoms with Gasteiger partial charge in [0.05, 0.1) is 35.1 Å². The number of ether oxygens (including phenoxy) is 3. The van der Waals surface area contributed by atoms with Crippen LogP contribution in [0.4, 0.5) is 22.0 Å². The summed E-state index contributed by atoms with van der Waals surface area (Å²) in [6.45, 7) is 9.09. The molecule has 46 heavy (non-hydrogen) atoms. The van der Waals surface area contributed by atoms with E-state index in [2.05, 4.69) is 20.5 Å². The zero-order chi connectivity index (χ0) is 32.8. The van der Waals surface area contributed by atoms with Crippen LogP contribution >= 0.6 is 23.2 Å². The SMILES string of the molecule is CC(C)(C)OC(=O)N1CCC(Oc2cc(N3CCOCC3)ccc2C(=O)Nc2ccc(Cl)cc2C(=O)Nc2ccc(Cl)cn2)CC1. The molecule has 11 nitrogen and oxygen atoms in total. The minimum absolute atomic E-state index is 0.152.